The summed E-state index contributed by atoms with van der Waals surface area (Å²) in [5, 5.41) is 4.62. The quantitative estimate of drug-likeness (QED) is 0.119. The van der Waals surface area contributed by atoms with Crippen LogP contribution in [0.25, 0.3) is 82.8 Å². The molecule has 284 valence electrons. The van der Waals surface area contributed by atoms with Crippen LogP contribution in [-0.2, 0) is 0 Å². The fourth-order valence-electron chi connectivity index (χ4n) is 8.82. The Balaban J connectivity index is 1.04. The zero-order chi connectivity index (χ0) is 40.0. The Hall–Kier alpha value is -7.95. The van der Waals surface area contributed by atoms with Crippen molar-refractivity contribution in [3.8, 4) is 39.1 Å². The number of aliphatic imine (C=N–C) groups is 1. The van der Waals surface area contributed by atoms with Gasteiger partial charge < -0.3 is 8.98 Å². The third-order valence-electron chi connectivity index (χ3n) is 11.6. The molecule has 0 saturated heterocycles. The highest BCUT2D eigenvalue weighted by molar-refractivity contribution is 6.16. The Morgan fingerprint density at radius 2 is 0.967 bits per heavy atom. The molecule has 11 aromatic rings. The van der Waals surface area contributed by atoms with Crippen molar-refractivity contribution in [3.63, 3.8) is 0 Å². The Morgan fingerprint density at radius 3 is 1.57 bits per heavy atom. The van der Waals surface area contributed by atoms with Crippen molar-refractivity contribution in [3.05, 3.63) is 224 Å². The largest absolute Gasteiger partial charge is 0.456 e. The molecule has 4 heteroatoms. The summed E-state index contributed by atoms with van der Waals surface area (Å²) in [6.45, 7) is 0. The van der Waals surface area contributed by atoms with E-state index in [4.69, 9.17) is 9.41 Å². The molecule has 2 aromatic heterocycles. The predicted molar refractivity (Wildman–Crippen MR) is 252 cm³/mol. The molecule has 9 aromatic carbocycles. The molecule has 0 fully saturated rings. The number of rotatable bonds is 7. The number of furan rings is 1. The van der Waals surface area contributed by atoms with Crippen LogP contribution in [0.3, 0.4) is 0 Å². The summed E-state index contributed by atoms with van der Waals surface area (Å²) in [5.74, 6) is 0.879. The predicted octanol–water partition coefficient (Wildman–Crippen LogP) is 14.9. The monoisotopic (exact) mass is 769 g/mol. The molecule has 0 saturated carbocycles. The molecular weight excluding hydrogens is 731 g/mol. The van der Waals surface area contributed by atoms with Gasteiger partial charge >= 0.3 is 0 Å². The van der Waals surface area contributed by atoms with E-state index in [2.05, 4.69) is 216 Å². The Labute approximate surface area is 348 Å². The molecule has 0 aliphatic heterocycles. The molecule has 0 radical (unpaired) electrons. The molecule has 2 heterocycles. The normalized spacial score (nSPS) is 11.8. The summed E-state index contributed by atoms with van der Waals surface area (Å²) in [7, 11) is 1.86. The minimum Gasteiger partial charge on any atom is -0.456 e. The summed E-state index contributed by atoms with van der Waals surface area (Å²) in [4.78, 5) is 7.00. The standard InChI is InChI=1S/C56H39N3O/c1-57-56(41-19-10-4-11-20-41)58(44-21-12-5-13-22-44)45-29-25-40(26-30-45)47-23-14-24-53-55(47)50-34-31-46(37-54(50)60-53)59-51-35-42(38-15-6-2-7-16-38)27-32-48(51)49-33-28-43(36-52(49)59)39-17-8-3-9-18-39/h2-37H,1H3. The van der Waals surface area contributed by atoms with Crippen molar-refractivity contribution >= 4 is 61.0 Å². The molecule has 0 spiro atoms. The fourth-order valence-corrected chi connectivity index (χ4v) is 8.82. The first-order chi connectivity index (χ1) is 29.7. The summed E-state index contributed by atoms with van der Waals surface area (Å²) in [6, 6.07) is 77.5. The number of benzene rings is 9. The van der Waals surface area contributed by atoms with Crippen LogP contribution >= 0.6 is 0 Å². The Morgan fingerprint density at radius 1 is 0.433 bits per heavy atom. The van der Waals surface area contributed by atoms with Crippen LogP contribution in [0, 0.1) is 0 Å². The summed E-state index contributed by atoms with van der Waals surface area (Å²) in [5.41, 5.74) is 15.2. The number of amidine groups is 1. The van der Waals surface area contributed by atoms with Gasteiger partial charge in [-0.2, -0.15) is 0 Å². The lowest BCUT2D eigenvalue weighted by Gasteiger charge is -2.27. The Kier molecular flexibility index (Phi) is 8.67. The SMILES string of the molecule is CN=C(c1ccccc1)N(c1ccccc1)c1ccc(-c2cccc3oc4cc(-n5c6cc(-c7ccccc7)ccc6c6ccc(-c7ccccc7)cc65)ccc4c23)cc1. The molecule has 60 heavy (non-hydrogen) atoms. The molecular formula is C56H39N3O. The number of hydrogen-bond donors (Lipinski definition) is 0. The average molecular weight is 770 g/mol. The molecule has 0 N–H and O–H groups in total. The van der Waals surface area contributed by atoms with Gasteiger partial charge in [0.05, 0.1) is 11.0 Å². The highest BCUT2D eigenvalue weighted by atomic mass is 16.3. The molecule has 4 nitrogen and oxygen atoms in total. The van der Waals surface area contributed by atoms with Crippen molar-refractivity contribution in [2.75, 3.05) is 11.9 Å². The van der Waals surface area contributed by atoms with E-state index in [1.54, 1.807) is 0 Å². The first-order valence-electron chi connectivity index (χ1n) is 20.3. The fraction of sp³-hybridized carbons (Fsp3) is 0.0179. The van der Waals surface area contributed by atoms with Gasteiger partial charge in [-0.15, -0.1) is 0 Å². The second kappa shape index (κ2) is 14.8. The second-order valence-corrected chi connectivity index (χ2v) is 15.1. The number of fused-ring (bicyclic) bond motifs is 6. The van der Waals surface area contributed by atoms with Crippen LogP contribution in [0.15, 0.2) is 228 Å². The summed E-state index contributed by atoms with van der Waals surface area (Å²) >= 11 is 0. The van der Waals surface area contributed by atoms with Gasteiger partial charge in [0.1, 0.15) is 17.0 Å². The van der Waals surface area contributed by atoms with Gasteiger partial charge in [-0.25, -0.2) is 0 Å². The lowest BCUT2D eigenvalue weighted by atomic mass is 9.99. The van der Waals surface area contributed by atoms with Gasteiger partial charge in [-0.05, 0) is 88.0 Å². The number of anilines is 2. The first kappa shape index (κ1) is 35.2. The molecule has 11 rings (SSSR count). The lowest BCUT2D eigenvalue weighted by molar-refractivity contribution is 0.668. The third kappa shape index (κ3) is 6.05. The van der Waals surface area contributed by atoms with E-state index in [-0.39, 0.29) is 0 Å². The second-order valence-electron chi connectivity index (χ2n) is 15.1. The van der Waals surface area contributed by atoms with E-state index in [0.717, 1.165) is 72.6 Å². The van der Waals surface area contributed by atoms with E-state index < -0.39 is 0 Å². The van der Waals surface area contributed by atoms with Gasteiger partial charge in [0.2, 0.25) is 0 Å². The highest BCUT2D eigenvalue weighted by Crippen LogP contribution is 2.41. The summed E-state index contributed by atoms with van der Waals surface area (Å²) in [6.07, 6.45) is 0. The van der Waals surface area contributed by atoms with Crippen LogP contribution in [0.2, 0.25) is 0 Å². The topological polar surface area (TPSA) is 33.7 Å². The smallest absolute Gasteiger partial charge is 0.139 e. The zero-order valence-corrected chi connectivity index (χ0v) is 33.0. The van der Waals surface area contributed by atoms with Gasteiger partial charge in [-0.3, -0.25) is 9.89 Å². The number of aromatic nitrogens is 1. The molecule has 0 unspecified atom stereocenters. The number of nitrogens with zero attached hydrogens (tertiary/aromatic N) is 3. The van der Waals surface area contributed by atoms with Gasteiger partial charge in [0.25, 0.3) is 0 Å². The molecule has 0 bridgehead atoms. The highest BCUT2D eigenvalue weighted by Gasteiger charge is 2.20. The molecule has 0 aliphatic carbocycles. The van der Waals surface area contributed by atoms with E-state index >= 15 is 0 Å². The third-order valence-corrected chi connectivity index (χ3v) is 11.6. The first-order valence-corrected chi connectivity index (χ1v) is 20.3. The summed E-state index contributed by atoms with van der Waals surface area (Å²) < 4.78 is 9.14. The van der Waals surface area contributed by atoms with Crippen molar-refractivity contribution < 1.29 is 4.42 Å². The van der Waals surface area contributed by atoms with Gasteiger partial charge in [0, 0.05) is 57.3 Å². The van der Waals surface area contributed by atoms with E-state index in [1.165, 1.54) is 33.0 Å². The minimum absolute atomic E-state index is 0.849. The molecule has 0 aliphatic rings. The zero-order valence-electron chi connectivity index (χ0n) is 33.0. The van der Waals surface area contributed by atoms with Crippen LogP contribution in [0.4, 0.5) is 11.4 Å². The molecule has 0 amide bonds. The lowest BCUT2D eigenvalue weighted by Crippen LogP contribution is -2.26. The maximum atomic E-state index is 6.74. The maximum absolute atomic E-state index is 6.74. The van der Waals surface area contributed by atoms with Crippen LogP contribution in [0.1, 0.15) is 5.56 Å². The molecule has 0 atom stereocenters. The van der Waals surface area contributed by atoms with Gasteiger partial charge in [0.15, 0.2) is 0 Å². The average Bonchev–Trinajstić information content (AvgIpc) is 3.86. The van der Waals surface area contributed by atoms with Crippen LogP contribution < -0.4 is 4.90 Å². The Bertz CT molecular complexity index is 3250. The van der Waals surface area contributed by atoms with Crippen molar-refractivity contribution in [1.29, 1.82) is 0 Å². The van der Waals surface area contributed by atoms with Crippen LogP contribution in [-0.4, -0.2) is 17.5 Å². The number of para-hydroxylation sites is 1. The van der Waals surface area contributed by atoms with E-state index in [0.29, 0.717) is 0 Å². The van der Waals surface area contributed by atoms with Crippen molar-refractivity contribution in [1.82, 2.24) is 4.57 Å². The maximum Gasteiger partial charge on any atom is 0.139 e. The van der Waals surface area contributed by atoms with E-state index in [1.807, 2.05) is 19.2 Å². The number of hydrogen-bond acceptors (Lipinski definition) is 2. The minimum atomic E-state index is 0.849. The van der Waals surface area contributed by atoms with Crippen molar-refractivity contribution in [2.45, 2.75) is 0 Å². The van der Waals surface area contributed by atoms with Gasteiger partial charge in [-0.1, -0.05) is 158 Å². The van der Waals surface area contributed by atoms with E-state index in [9.17, 15) is 0 Å². The van der Waals surface area contributed by atoms with Crippen molar-refractivity contribution in [2.24, 2.45) is 4.99 Å². The van der Waals surface area contributed by atoms with Crippen LogP contribution in [0.5, 0.6) is 0 Å².